The topological polar surface area (TPSA) is 85.4 Å². The van der Waals surface area contributed by atoms with Crippen LogP contribution < -0.4 is 5.32 Å². The molecule has 0 saturated carbocycles. The molecule has 2 aromatic carbocycles. The number of nitrogens with one attached hydrogen (secondary N) is 1. The molecule has 0 bridgehead atoms. The molecule has 0 unspecified atom stereocenters. The lowest BCUT2D eigenvalue weighted by atomic mass is 10.2. The van der Waals surface area contributed by atoms with Gasteiger partial charge >= 0.3 is 0 Å². The molecule has 0 spiro atoms. The van der Waals surface area contributed by atoms with E-state index in [0.717, 1.165) is 6.07 Å². The van der Waals surface area contributed by atoms with Gasteiger partial charge in [-0.2, -0.15) is 0 Å². The van der Waals surface area contributed by atoms with Gasteiger partial charge in [-0.1, -0.05) is 34.8 Å². The zero-order valence-electron chi connectivity index (χ0n) is 12.8. The first-order chi connectivity index (χ1) is 12.3. The van der Waals surface area contributed by atoms with Gasteiger partial charge in [0.15, 0.2) is 5.76 Å². The number of rotatable bonds is 4. The average molecular weight is 412 g/mol. The van der Waals surface area contributed by atoms with Crippen molar-refractivity contribution < 1.29 is 14.1 Å². The van der Waals surface area contributed by atoms with Crippen molar-refractivity contribution in [1.29, 1.82) is 0 Å². The van der Waals surface area contributed by atoms with Gasteiger partial charge in [-0.05, 0) is 36.4 Å². The van der Waals surface area contributed by atoms with Crippen molar-refractivity contribution in [2.75, 3.05) is 5.32 Å². The Morgan fingerprint density at radius 2 is 1.73 bits per heavy atom. The third-order valence-electron chi connectivity index (χ3n) is 3.45. The van der Waals surface area contributed by atoms with Crippen molar-refractivity contribution in [2.24, 2.45) is 0 Å². The van der Waals surface area contributed by atoms with Gasteiger partial charge in [0.2, 0.25) is 0 Å². The second kappa shape index (κ2) is 7.37. The van der Waals surface area contributed by atoms with E-state index in [1.165, 1.54) is 18.2 Å². The number of anilines is 1. The summed E-state index contributed by atoms with van der Waals surface area (Å²) in [5, 5.41) is 14.1. The minimum absolute atomic E-state index is 0.0421. The van der Waals surface area contributed by atoms with Crippen LogP contribution in [0.1, 0.15) is 10.6 Å². The van der Waals surface area contributed by atoms with Crippen LogP contribution in [0.2, 0.25) is 15.1 Å². The summed E-state index contributed by atoms with van der Waals surface area (Å²) < 4.78 is 5.54. The van der Waals surface area contributed by atoms with Gasteiger partial charge in [0, 0.05) is 17.7 Å². The molecule has 0 fully saturated rings. The molecule has 1 heterocycles. The zero-order valence-corrected chi connectivity index (χ0v) is 15.1. The summed E-state index contributed by atoms with van der Waals surface area (Å²) in [5.41, 5.74) is 0.717. The first-order valence-corrected chi connectivity index (χ1v) is 8.29. The Balaban J connectivity index is 1.80. The fourth-order valence-corrected chi connectivity index (χ4v) is 2.69. The summed E-state index contributed by atoms with van der Waals surface area (Å²) in [4.78, 5) is 22.4. The Kier molecular flexibility index (Phi) is 5.18. The lowest BCUT2D eigenvalue weighted by Gasteiger charge is -2.05. The Hall–Kier alpha value is -2.54. The van der Waals surface area contributed by atoms with Crippen LogP contribution in [0.3, 0.4) is 0 Å². The molecule has 26 heavy (non-hydrogen) atoms. The Bertz CT molecular complexity index is 1020. The quantitative estimate of drug-likeness (QED) is 0.417. The van der Waals surface area contributed by atoms with Gasteiger partial charge in [-0.25, -0.2) is 0 Å². The normalized spacial score (nSPS) is 10.6. The number of halogens is 3. The number of hydrogen-bond acceptors (Lipinski definition) is 4. The molecule has 1 amide bonds. The Morgan fingerprint density at radius 1 is 0.962 bits per heavy atom. The number of nitrogens with zero attached hydrogens (tertiary/aromatic N) is 1. The maximum Gasteiger partial charge on any atom is 0.291 e. The number of hydrogen-bond donors (Lipinski definition) is 1. The number of carbonyl (C=O) groups excluding carboxylic acids is 1. The second-order valence-electron chi connectivity index (χ2n) is 5.17. The minimum Gasteiger partial charge on any atom is -0.451 e. The molecule has 0 radical (unpaired) electrons. The summed E-state index contributed by atoms with van der Waals surface area (Å²) in [6.45, 7) is 0. The van der Waals surface area contributed by atoms with E-state index in [1.807, 2.05) is 0 Å². The number of benzene rings is 2. The van der Waals surface area contributed by atoms with Crippen LogP contribution in [0.4, 0.5) is 11.4 Å². The Morgan fingerprint density at radius 3 is 2.38 bits per heavy atom. The van der Waals surface area contributed by atoms with E-state index in [2.05, 4.69) is 5.32 Å². The van der Waals surface area contributed by atoms with Gasteiger partial charge in [-0.15, -0.1) is 0 Å². The van der Waals surface area contributed by atoms with E-state index >= 15 is 0 Å². The minimum atomic E-state index is -0.576. The molecule has 0 aliphatic heterocycles. The predicted molar refractivity (Wildman–Crippen MR) is 100 cm³/mol. The fraction of sp³-hybridized carbons (Fsp3) is 0. The molecule has 9 heteroatoms. The summed E-state index contributed by atoms with van der Waals surface area (Å²) in [5.74, 6) is -0.0731. The van der Waals surface area contributed by atoms with Crippen molar-refractivity contribution in [1.82, 2.24) is 0 Å². The molecular formula is C17H9Cl3N2O4. The van der Waals surface area contributed by atoms with Crippen molar-refractivity contribution in [2.45, 2.75) is 0 Å². The highest BCUT2D eigenvalue weighted by Crippen LogP contribution is 2.30. The third kappa shape index (κ3) is 3.83. The summed E-state index contributed by atoms with van der Waals surface area (Å²) in [6, 6.07) is 11.8. The number of furan rings is 1. The second-order valence-corrected chi connectivity index (χ2v) is 6.39. The van der Waals surface area contributed by atoms with Crippen LogP contribution in [0, 0.1) is 10.1 Å². The lowest BCUT2D eigenvalue weighted by molar-refractivity contribution is -0.384. The predicted octanol–water partition coefficient (Wildman–Crippen LogP) is 6.07. The van der Waals surface area contributed by atoms with E-state index < -0.39 is 10.8 Å². The van der Waals surface area contributed by atoms with Gasteiger partial charge in [0.25, 0.3) is 11.6 Å². The van der Waals surface area contributed by atoms with Crippen LogP contribution in [-0.2, 0) is 0 Å². The highest BCUT2D eigenvalue weighted by atomic mass is 35.5. The first kappa shape index (κ1) is 18.3. The first-order valence-electron chi connectivity index (χ1n) is 7.15. The highest BCUT2D eigenvalue weighted by Gasteiger charge is 2.16. The molecule has 3 rings (SSSR count). The standard InChI is InChI=1S/C17H9Cl3N2O4/c18-11-3-1-9(7-12(11)19)15-5-6-16(26-15)17(23)21-14-4-2-10(22(24)25)8-13(14)20/h1-8H,(H,21,23). The number of amides is 1. The van der Waals surface area contributed by atoms with Crippen molar-refractivity contribution in [3.63, 3.8) is 0 Å². The lowest BCUT2D eigenvalue weighted by Crippen LogP contribution is -2.11. The van der Waals surface area contributed by atoms with Crippen molar-refractivity contribution >= 4 is 52.1 Å². The van der Waals surface area contributed by atoms with Crippen molar-refractivity contribution in [3.05, 3.63) is 79.5 Å². The molecule has 0 saturated heterocycles. The zero-order chi connectivity index (χ0) is 18.8. The molecule has 6 nitrogen and oxygen atoms in total. The summed E-state index contributed by atoms with van der Waals surface area (Å²) in [7, 11) is 0. The Labute approximate surface area is 162 Å². The molecule has 132 valence electrons. The number of non-ortho nitro benzene ring substituents is 1. The van der Waals surface area contributed by atoms with E-state index in [4.69, 9.17) is 39.2 Å². The maximum absolute atomic E-state index is 12.3. The highest BCUT2D eigenvalue weighted by molar-refractivity contribution is 6.42. The maximum atomic E-state index is 12.3. The van der Waals surface area contributed by atoms with Crippen molar-refractivity contribution in [3.8, 4) is 11.3 Å². The number of nitro benzene ring substituents is 1. The fourth-order valence-electron chi connectivity index (χ4n) is 2.17. The monoisotopic (exact) mass is 410 g/mol. The summed E-state index contributed by atoms with van der Waals surface area (Å²) >= 11 is 17.8. The summed E-state index contributed by atoms with van der Waals surface area (Å²) in [6.07, 6.45) is 0. The average Bonchev–Trinajstić information content (AvgIpc) is 3.09. The molecule has 1 aromatic heterocycles. The van der Waals surface area contributed by atoms with E-state index in [0.29, 0.717) is 21.4 Å². The van der Waals surface area contributed by atoms with Gasteiger partial charge in [0.05, 0.1) is 25.7 Å². The molecule has 0 atom stereocenters. The van der Waals surface area contributed by atoms with Crippen LogP contribution in [0.5, 0.6) is 0 Å². The molecule has 0 aliphatic carbocycles. The van der Waals surface area contributed by atoms with E-state index in [1.54, 1.807) is 24.3 Å². The number of nitro groups is 1. The van der Waals surface area contributed by atoms with Gasteiger partial charge in [0.1, 0.15) is 5.76 Å². The number of carbonyl (C=O) groups is 1. The van der Waals surface area contributed by atoms with Gasteiger partial charge < -0.3 is 9.73 Å². The molecule has 0 aliphatic rings. The third-order valence-corrected chi connectivity index (χ3v) is 4.50. The van der Waals surface area contributed by atoms with Crippen LogP contribution in [0.25, 0.3) is 11.3 Å². The van der Waals surface area contributed by atoms with Crippen LogP contribution in [0.15, 0.2) is 52.9 Å². The molecule has 1 N–H and O–H groups in total. The van der Waals surface area contributed by atoms with E-state index in [-0.39, 0.29) is 22.2 Å². The van der Waals surface area contributed by atoms with Gasteiger partial charge in [-0.3, -0.25) is 14.9 Å². The molecular weight excluding hydrogens is 403 g/mol. The van der Waals surface area contributed by atoms with Crippen LogP contribution in [-0.4, -0.2) is 10.8 Å². The van der Waals surface area contributed by atoms with E-state index in [9.17, 15) is 14.9 Å². The largest absolute Gasteiger partial charge is 0.451 e. The van der Waals surface area contributed by atoms with Crippen LogP contribution >= 0.6 is 34.8 Å². The SMILES string of the molecule is O=C(Nc1ccc([N+](=O)[O-])cc1Cl)c1ccc(-c2ccc(Cl)c(Cl)c2)o1. The smallest absolute Gasteiger partial charge is 0.291 e. The molecule has 3 aromatic rings.